The molecule has 2 aromatic rings. The van der Waals surface area contributed by atoms with Gasteiger partial charge in [0.25, 0.3) is 5.56 Å². The molecule has 1 fully saturated rings. The molecular formula is C16H20N2O2. The molecule has 1 aromatic carbocycles. The lowest BCUT2D eigenvalue weighted by molar-refractivity contribution is 0.159. The Morgan fingerprint density at radius 1 is 1.25 bits per heavy atom. The van der Waals surface area contributed by atoms with Crippen molar-refractivity contribution >= 4 is 0 Å². The molecule has 1 aromatic heterocycles. The van der Waals surface area contributed by atoms with Crippen LogP contribution in [0.5, 0.6) is 0 Å². The first-order chi connectivity index (χ1) is 9.83. The maximum atomic E-state index is 11.7. The van der Waals surface area contributed by atoms with Crippen LogP contribution in [0.2, 0.25) is 0 Å². The summed E-state index contributed by atoms with van der Waals surface area (Å²) in [5.41, 5.74) is 1.34. The number of nitrogens with one attached hydrogen (secondary N) is 1. The van der Waals surface area contributed by atoms with E-state index < -0.39 is 0 Å². The second-order valence-corrected chi connectivity index (χ2v) is 5.43. The number of hydrogen-bond acceptors (Lipinski definition) is 3. The summed E-state index contributed by atoms with van der Waals surface area (Å²) < 4.78 is 6.82. The third-order valence-electron chi connectivity index (χ3n) is 4.03. The quantitative estimate of drug-likeness (QED) is 0.929. The first kappa shape index (κ1) is 13.2. The Balaban J connectivity index is 1.58. The molecule has 4 heteroatoms. The number of nitrogens with zero attached hydrogens (tertiary/aromatic N) is 1. The maximum absolute atomic E-state index is 11.7. The molecule has 0 amide bonds. The van der Waals surface area contributed by atoms with Crippen molar-refractivity contribution in [1.82, 2.24) is 10.1 Å². The summed E-state index contributed by atoms with van der Waals surface area (Å²) in [5.74, 6) is 0. The van der Waals surface area contributed by atoms with Gasteiger partial charge in [0.2, 0.25) is 0 Å². The normalized spacial score (nSPS) is 22.8. The molecular weight excluding hydrogens is 252 g/mol. The Morgan fingerprint density at radius 2 is 2.10 bits per heavy atom. The van der Waals surface area contributed by atoms with Crippen LogP contribution in [-0.2, 0) is 6.42 Å². The molecule has 1 aliphatic rings. The molecule has 0 aliphatic carbocycles. The number of aryl methyl sites for hydroxylation is 1. The van der Waals surface area contributed by atoms with E-state index in [2.05, 4.69) is 29.6 Å². The molecule has 0 unspecified atom stereocenters. The second kappa shape index (κ2) is 6.09. The van der Waals surface area contributed by atoms with Crippen molar-refractivity contribution < 1.29 is 4.52 Å². The van der Waals surface area contributed by atoms with Gasteiger partial charge < -0.3 is 9.84 Å². The molecule has 4 nitrogen and oxygen atoms in total. The standard InChI is InChI=1S/C16H20N2O2/c19-16-9-11-20-18(16)15-8-10-17-14(12-15)7-6-13-4-2-1-3-5-13/h1-5,9,11,14-15,17H,6-8,10,12H2/t14-,15+/m1/s1. The lowest BCUT2D eigenvalue weighted by Crippen LogP contribution is -2.40. The monoisotopic (exact) mass is 272 g/mol. The lowest BCUT2D eigenvalue weighted by Gasteiger charge is -2.29. The van der Waals surface area contributed by atoms with Gasteiger partial charge in [-0.25, -0.2) is 0 Å². The van der Waals surface area contributed by atoms with Crippen LogP contribution < -0.4 is 10.9 Å². The zero-order valence-corrected chi connectivity index (χ0v) is 11.5. The number of rotatable bonds is 4. The molecule has 2 heterocycles. The van der Waals surface area contributed by atoms with Crippen LogP contribution >= 0.6 is 0 Å². The second-order valence-electron chi connectivity index (χ2n) is 5.43. The molecule has 0 bridgehead atoms. The Bertz CT molecular complexity index is 588. The number of aromatic nitrogens is 1. The van der Waals surface area contributed by atoms with Crippen LogP contribution in [0.3, 0.4) is 0 Å². The predicted octanol–water partition coefficient (Wildman–Crippen LogP) is 2.37. The smallest absolute Gasteiger partial charge is 0.282 e. The largest absolute Gasteiger partial charge is 0.384 e. The fraction of sp³-hybridized carbons (Fsp3) is 0.438. The highest BCUT2D eigenvalue weighted by Crippen LogP contribution is 2.22. The Morgan fingerprint density at radius 3 is 2.85 bits per heavy atom. The third-order valence-corrected chi connectivity index (χ3v) is 4.03. The first-order valence-corrected chi connectivity index (χ1v) is 7.27. The average Bonchev–Trinajstić information content (AvgIpc) is 2.93. The van der Waals surface area contributed by atoms with Crippen molar-refractivity contribution in [2.75, 3.05) is 6.54 Å². The Hall–Kier alpha value is -1.81. The van der Waals surface area contributed by atoms with Gasteiger partial charge in [0.1, 0.15) is 6.26 Å². The van der Waals surface area contributed by atoms with Gasteiger partial charge in [0, 0.05) is 12.1 Å². The minimum Gasteiger partial charge on any atom is -0.384 e. The fourth-order valence-corrected chi connectivity index (χ4v) is 2.95. The van der Waals surface area contributed by atoms with Gasteiger partial charge >= 0.3 is 0 Å². The van der Waals surface area contributed by atoms with Crippen molar-refractivity contribution in [3.05, 3.63) is 58.6 Å². The van der Waals surface area contributed by atoms with E-state index in [-0.39, 0.29) is 11.6 Å². The minimum absolute atomic E-state index is 0.0290. The van der Waals surface area contributed by atoms with Gasteiger partial charge in [-0.3, -0.25) is 4.79 Å². The lowest BCUT2D eigenvalue weighted by atomic mass is 9.94. The van der Waals surface area contributed by atoms with Crippen LogP contribution in [0.15, 0.2) is 52.0 Å². The summed E-state index contributed by atoms with van der Waals surface area (Å²) in [6, 6.07) is 12.7. The molecule has 106 valence electrons. The van der Waals surface area contributed by atoms with Crippen molar-refractivity contribution in [2.45, 2.75) is 37.8 Å². The summed E-state index contributed by atoms with van der Waals surface area (Å²) in [5, 5.41) is 3.54. The minimum atomic E-state index is -0.0290. The van der Waals surface area contributed by atoms with E-state index in [1.807, 2.05) is 6.07 Å². The van der Waals surface area contributed by atoms with Crippen molar-refractivity contribution in [3.63, 3.8) is 0 Å². The van der Waals surface area contributed by atoms with Gasteiger partial charge in [-0.05, 0) is 37.8 Å². The number of benzene rings is 1. The summed E-state index contributed by atoms with van der Waals surface area (Å²) >= 11 is 0. The molecule has 1 aliphatic heterocycles. The molecule has 2 atom stereocenters. The highest BCUT2D eigenvalue weighted by molar-refractivity contribution is 5.14. The predicted molar refractivity (Wildman–Crippen MR) is 77.8 cm³/mol. The summed E-state index contributed by atoms with van der Waals surface area (Å²) in [6.07, 6.45) is 5.55. The fourth-order valence-electron chi connectivity index (χ4n) is 2.95. The molecule has 0 spiro atoms. The third kappa shape index (κ3) is 3.02. The van der Waals surface area contributed by atoms with Crippen LogP contribution in [0, 0.1) is 0 Å². The summed E-state index contributed by atoms with van der Waals surface area (Å²) in [4.78, 5) is 11.7. The topological polar surface area (TPSA) is 47.2 Å². The zero-order chi connectivity index (χ0) is 13.8. The van der Waals surface area contributed by atoms with Crippen LogP contribution in [0.1, 0.15) is 30.9 Å². The molecule has 0 saturated carbocycles. The Kier molecular flexibility index (Phi) is 4.02. The number of piperidine rings is 1. The first-order valence-electron chi connectivity index (χ1n) is 7.27. The SMILES string of the molecule is O=c1ccon1[C@H]1CCN[C@H](CCc2ccccc2)C1. The van der Waals surface area contributed by atoms with Crippen LogP contribution in [0.25, 0.3) is 0 Å². The zero-order valence-electron chi connectivity index (χ0n) is 11.5. The van der Waals surface area contributed by atoms with E-state index in [9.17, 15) is 4.79 Å². The van der Waals surface area contributed by atoms with Gasteiger partial charge in [0.05, 0.1) is 6.04 Å². The molecule has 1 N–H and O–H groups in total. The summed E-state index contributed by atoms with van der Waals surface area (Å²) in [6.45, 7) is 0.942. The van der Waals surface area contributed by atoms with Crippen molar-refractivity contribution in [2.24, 2.45) is 0 Å². The van der Waals surface area contributed by atoms with E-state index >= 15 is 0 Å². The highest BCUT2D eigenvalue weighted by atomic mass is 16.5. The Labute approximate surface area is 118 Å². The van der Waals surface area contributed by atoms with Gasteiger partial charge in [-0.1, -0.05) is 30.3 Å². The molecule has 1 saturated heterocycles. The van der Waals surface area contributed by atoms with Gasteiger partial charge in [-0.15, -0.1) is 0 Å². The highest BCUT2D eigenvalue weighted by Gasteiger charge is 2.24. The van der Waals surface area contributed by atoms with Crippen molar-refractivity contribution in [1.29, 1.82) is 0 Å². The van der Waals surface area contributed by atoms with Crippen LogP contribution in [0.4, 0.5) is 0 Å². The van der Waals surface area contributed by atoms with E-state index in [0.29, 0.717) is 6.04 Å². The van der Waals surface area contributed by atoms with E-state index in [4.69, 9.17) is 4.52 Å². The van der Waals surface area contributed by atoms with Gasteiger partial charge in [0.15, 0.2) is 0 Å². The average molecular weight is 272 g/mol. The van der Waals surface area contributed by atoms with Crippen molar-refractivity contribution in [3.8, 4) is 0 Å². The van der Waals surface area contributed by atoms with Crippen LogP contribution in [-0.4, -0.2) is 17.3 Å². The molecule has 0 radical (unpaired) electrons. The molecule has 3 rings (SSSR count). The molecule has 20 heavy (non-hydrogen) atoms. The maximum Gasteiger partial charge on any atom is 0.282 e. The summed E-state index contributed by atoms with van der Waals surface area (Å²) in [7, 11) is 0. The van der Waals surface area contributed by atoms with E-state index in [1.54, 1.807) is 0 Å². The van der Waals surface area contributed by atoms with E-state index in [0.717, 1.165) is 32.2 Å². The number of hydrogen-bond donors (Lipinski definition) is 1. The van der Waals surface area contributed by atoms with E-state index in [1.165, 1.54) is 22.6 Å². The van der Waals surface area contributed by atoms with Gasteiger partial charge in [-0.2, -0.15) is 4.74 Å².